The molecule has 0 atom stereocenters. The molecule has 0 aliphatic carbocycles. The maximum Gasteiger partial charge on any atom is 0.0234 e. The molecule has 2 N–H and O–H groups in total. The van der Waals surface area contributed by atoms with Gasteiger partial charge in [-0.1, -0.05) is 42.5 Å². The van der Waals surface area contributed by atoms with Crippen LogP contribution >= 0.6 is 0 Å². The molecule has 106 valence electrons. The van der Waals surface area contributed by atoms with Gasteiger partial charge in [-0.3, -0.25) is 4.90 Å². The van der Waals surface area contributed by atoms with Crippen molar-refractivity contribution in [2.75, 3.05) is 7.05 Å². The van der Waals surface area contributed by atoms with E-state index < -0.39 is 0 Å². The summed E-state index contributed by atoms with van der Waals surface area (Å²) in [5, 5.41) is 0. The van der Waals surface area contributed by atoms with Gasteiger partial charge < -0.3 is 5.73 Å². The molecule has 0 aliphatic rings. The molecule has 0 saturated carbocycles. The molecule has 0 saturated heterocycles. The lowest BCUT2D eigenvalue weighted by atomic mass is 10.1. The molecule has 0 unspecified atom stereocenters. The number of nitrogens with zero attached hydrogens (tertiary/aromatic N) is 1. The van der Waals surface area contributed by atoms with Crippen LogP contribution < -0.4 is 5.73 Å². The van der Waals surface area contributed by atoms with E-state index in [0.717, 1.165) is 13.1 Å². The highest BCUT2D eigenvalue weighted by molar-refractivity contribution is 5.30. The summed E-state index contributed by atoms with van der Waals surface area (Å²) in [5.41, 5.74) is 12.2. The molecular formula is C18H24N2. The summed E-state index contributed by atoms with van der Waals surface area (Å²) in [5.74, 6) is 0. The average molecular weight is 268 g/mol. The minimum absolute atomic E-state index is 0.610. The van der Waals surface area contributed by atoms with Crippen LogP contribution in [0.1, 0.15) is 27.8 Å². The molecule has 0 spiro atoms. The Hall–Kier alpha value is -1.64. The zero-order chi connectivity index (χ0) is 14.5. The average Bonchev–Trinajstić information content (AvgIpc) is 2.44. The van der Waals surface area contributed by atoms with E-state index in [1.165, 1.54) is 27.8 Å². The van der Waals surface area contributed by atoms with Gasteiger partial charge in [-0.25, -0.2) is 0 Å². The third-order valence-electron chi connectivity index (χ3n) is 3.73. The molecule has 2 rings (SSSR count). The molecule has 2 aromatic carbocycles. The van der Waals surface area contributed by atoms with Crippen LogP contribution in [0.3, 0.4) is 0 Å². The maximum atomic E-state index is 5.62. The number of hydrogen-bond donors (Lipinski definition) is 1. The molecule has 0 aliphatic heterocycles. The summed E-state index contributed by atoms with van der Waals surface area (Å²) in [4.78, 5) is 2.33. The summed E-state index contributed by atoms with van der Waals surface area (Å²) >= 11 is 0. The lowest BCUT2D eigenvalue weighted by Crippen LogP contribution is -2.17. The number of aryl methyl sites for hydroxylation is 2. The van der Waals surface area contributed by atoms with Crippen molar-refractivity contribution in [2.45, 2.75) is 33.5 Å². The SMILES string of the molecule is Cc1ccc(CN(C)Cc2ccc(CN)cc2)cc1C. The fraction of sp³-hybridized carbons (Fsp3) is 0.333. The van der Waals surface area contributed by atoms with Crippen LogP contribution in [0.2, 0.25) is 0 Å². The molecule has 2 aromatic rings. The quantitative estimate of drug-likeness (QED) is 0.900. The van der Waals surface area contributed by atoms with Crippen LogP contribution in [0, 0.1) is 13.8 Å². The lowest BCUT2D eigenvalue weighted by molar-refractivity contribution is 0.319. The summed E-state index contributed by atoms with van der Waals surface area (Å²) in [6, 6.07) is 15.3. The Balaban J connectivity index is 1.97. The first-order valence-corrected chi connectivity index (χ1v) is 7.11. The second kappa shape index (κ2) is 6.69. The van der Waals surface area contributed by atoms with E-state index in [9.17, 15) is 0 Å². The molecule has 0 heterocycles. The standard InChI is InChI=1S/C18H24N2/c1-14-4-5-18(10-15(14)2)13-20(3)12-17-8-6-16(11-19)7-9-17/h4-10H,11-13,19H2,1-3H3. The number of hydrogen-bond acceptors (Lipinski definition) is 2. The summed E-state index contributed by atoms with van der Waals surface area (Å²) in [7, 11) is 2.16. The Kier molecular flexibility index (Phi) is 4.94. The van der Waals surface area contributed by atoms with Gasteiger partial charge in [0, 0.05) is 19.6 Å². The van der Waals surface area contributed by atoms with Gasteiger partial charge >= 0.3 is 0 Å². The van der Waals surface area contributed by atoms with Crippen molar-refractivity contribution in [3.8, 4) is 0 Å². The Morgan fingerprint density at radius 3 is 1.95 bits per heavy atom. The minimum Gasteiger partial charge on any atom is -0.326 e. The highest BCUT2D eigenvalue weighted by Gasteiger charge is 2.03. The van der Waals surface area contributed by atoms with Crippen LogP contribution in [-0.2, 0) is 19.6 Å². The fourth-order valence-corrected chi connectivity index (χ4v) is 2.36. The predicted octanol–water partition coefficient (Wildman–Crippen LogP) is 3.39. The van der Waals surface area contributed by atoms with Crippen molar-refractivity contribution in [3.63, 3.8) is 0 Å². The van der Waals surface area contributed by atoms with Crippen molar-refractivity contribution in [1.82, 2.24) is 4.90 Å². The van der Waals surface area contributed by atoms with E-state index in [-0.39, 0.29) is 0 Å². The number of rotatable bonds is 5. The van der Waals surface area contributed by atoms with Gasteiger partial charge in [0.25, 0.3) is 0 Å². The van der Waals surface area contributed by atoms with E-state index >= 15 is 0 Å². The van der Waals surface area contributed by atoms with E-state index in [1.54, 1.807) is 0 Å². The van der Waals surface area contributed by atoms with Gasteiger partial charge in [-0.2, -0.15) is 0 Å². The monoisotopic (exact) mass is 268 g/mol. The molecule has 0 aromatic heterocycles. The summed E-state index contributed by atoms with van der Waals surface area (Å²) in [6.07, 6.45) is 0. The van der Waals surface area contributed by atoms with Gasteiger partial charge in [-0.15, -0.1) is 0 Å². The van der Waals surface area contributed by atoms with E-state index in [2.05, 4.69) is 68.3 Å². The Morgan fingerprint density at radius 1 is 0.800 bits per heavy atom. The van der Waals surface area contributed by atoms with Crippen LogP contribution in [0.25, 0.3) is 0 Å². The molecule has 2 nitrogen and oxygen atoms in total. The third-order valence-corrected chi connectivity index (χ3v) is 3.73. The van der Waals surface area contributed by atoms with Crippen LogP contribution in [0.4, 0.5) is 0 Å². The largest absolute Gasteiger partial charge is 0.326 e. The smallest absolute Gasteiger partial charge is 0.0234 e. The molecule has 0 fully saturated rings. The van der Waals surface area contributed by atoms with Gasteiger partial charge in [0.05, 0.1) is 0 Å². The van der Waals surface area contributed by atoms with Crippen LogP contribution in [0.5, 0.6) is 0 Å². The zero-order valence-electron chi connectivity index (χ0n) is 12.7. The zero-order valence-corrected chi connectivity index (χ0v) is 12.7. The summed E-state index contributed by atoms with van der Waals surface area (Å²) < 4.78 is 0. The van der Waals surface area contributed by atoms with Crippen molar-refractivity contribution in [1.29, 1.82) is 0 Å². The predicted molar refractivity (Wildman–Crippen MR) is 85.4 cm³/mol. The molecule has 0 amide bonds. The number of nitrogens with two attached hydrogens (primary N) is 1. The van der Waals surface area contributed by atoms with Gasteiger partial charge in [0.1, 0.15) is 0 Å². The first-order chi connectivity index (χ1) is 9.58. The van der Waals surface area contributed by atoms with Gasteiger partial charge in [0.2, 0.25) is 0 Å². The highest BCUT2D eigenvalue weighted by atomic mass is 15.1. The Bertz CT molecular complexity index is 558. The first kappa shape index (κ1) is 14.8. The van der Waals surface area contributed by atoms with Gasteiger partial charge in [-0.05, 0) is 48.7 Å². The second-order valence-electron chi connectivity index (χ2n) is 5.61. The Morgan fingerprint density at radius 2 is 1.35 bits per heavy atom. The molecule has 0 bridgehead atoms. The van der Waals surface area contributed by atoms with E-state index in [0.29, 0.717) is 6.54 Å². The maximum absolute atomic E-state index is 5.62. The van der Waals surface area contributed by atoms with Crippen molar-refractivity contribution in [2.24, 2.45) is 5.73 Å². The van der Waals surface area contributed by atoms with E-state index in [4.69, 9.17) is 5.73 Å². The van der Waals surface area contributed by atoms with Crippen molar-refractivity contribution in [3.05, 3.63) is 70.3 Å². The summed E-state index contributed by atoms with van der Waals surface area (Å²) in [6.45, 7) is 6.86. The molecule has 2 heteroatoms. The highest BCUT2D eigenvalue weighted by Crippen LogP contribution is 2.13. The normalized spacial score (nSPS) is 11.1. The fourth-order valence-electron chi connectivity index (χ4n) is 2.36. The van der Waals surface area contributed by atoms with Crippen LogP contribution in [-0.4, -0.2) is 11.9 Å². The van der Waals surface area contributed by atoms with Crippen molar-refractivity contribution < 1.29 is 0 Å². The molecule has 0 radical (unpaired) electrons. The third kappa shape index (κ3) is 3.92. The first-order valence-electron chi connectivity index (χ1n) is 7.11. The van der Waals surface area contributed by atoms with E-state index in [1.807, 2.05) is 0 Å². The minimum atomic E-state index is 0.610. The Labute approximate surface area is 122 Å². The molecular weight excluding hydrogens is 244 g/mol. The number of benzene rings is 2. The molecule has 20 heavy (non-hydrogen) atoms. The lowest BCUT2D eigenvalue weighted by Gasteiger charge is -2.17. The van der Waals surface area contributed by atoms with Gasteiger partial charge in [0.15, 0.2) is 0 Å². The van der Waals surface area contributed by atoms with Crippen LogP contribution in [0.15, 0.2) is 42.5 Å². The topological polar surface area (TPSA) is 29.3 Å². The second-order valence-corrected chi connectivity index (χ2v) is 5.61. The van der Waals surface area contributed by atoms with Crippen molar-refractivity contribution >= 4 is 0 Å².